The van der Waals surface area contributed by atoms with Gasteiger partial charge < -0.3 is 5.32 Å². The number of hydrogen-bond donors (Lipinski definition) is 2. The first kappa shape index (κ1) is 12.5. The topological polar surface area (TPSA) is 53.0 Å². The Balaban J connectivity index is 2.11. The fraction of sp³-hybridized carbons (Fsp3) is 0. The molecule has 1 amide bonds. The zero-order chi connectivity index (χ0) is 13.0. The molecule has 0 spiro atoms. The van der Waals surface area contributed by atoms with Crippen LogP contribution < -0.4 is 5.32 Å². The van der Waals surface area contributed by atoms with Crippen LogP contribution in [0.2, 0.25) is 0 Å². The molecule has 2 aromatic carbocycles. The fourth-order valence-corrected chi connectivity index (χ4v) is 1.89. The van der Waals surface area contributed by atoms with Crippen molar-refractivity contribution < 1.29 is 4.79 Å². The molecule has 0 radical (unpaired) electrons. The maximum Gasteiger partial charge on any atom is 0.256 e. The summed E-state index contributed by atoms with van der Waals surface area (Å²) in [7, 11) is 0. The molecular weight excluding hydrogens is 292 g/mol. The van der Waals surface area contributed by atoms with Crippen LogP contribution in [0.3, 0.4) is 0 Å². The first-order chi connectivity index (χ1) is 8.66. The van der Waals surface area contributed by atoms with Crippen molar-refractivity contribution in [1.82, 2.24) is 5.32 Å². The minimum absolute atomic E-state index is 0.0978. The second kappa shape index (κ2) is 5.60. The van der Waals surface area contributed by atoms with Crippen molar-refractivity contribution in [3.8, 4) is 0 Å². The minimum Gasteiger partial charge on any atom is -0.307 e. The molecule has 0 aromatic heterocycles. The maximum absolute atomic E-state index is 11.9. The summed E-state index contributed by atoms with van der Waals surface area (Å²) in [6.07, 6.45) is 0. The second-order valence-electron chi connectivity index (χ2n) is 3.71. The highest BCUT2D eigenvalue weighted by atomic mass is 79.9. The van der Waals surface area contributed by atoms with E-state index in [-0.39, 0.29) is 11.7 Å². The predicted molar refractivity (Wildman–Crippen MR) is 74.9 cm³/mol. The maximum atomic E-state index is 11.9. The molecule has 0 aliphatic rings. The molecule has 0 fully saturated rings. The number of carbonyl (C=O) groups is 1. The van der Waals surface area contributed by atoms with Gasteiger partial charge in [0.15, 0.2) is 0 Å². The first-order valence-corrected chi connectivity index (χ1v) is 6.17. The Kier molecular flexibility index (Phi) is 3.89. The van der Waals surface area contributed by atoms with Gasteiger partial charge in [0.1, 0.15) is 5.84 Å². The lowest BCUT2D eigenvalue weighted by atomic mass is 10.2. The van der Waals surface area contributed by atoms with Crippen LogP contribution >= 0.6 is 15.9 Å². The lowest BCUT2D eigenvalue weighted by molar-refractivity contribution is 0.0977. The summed E-state index contributed by atoms with van der Waals surface area (Å²) in [4.78, 5) is 11.9. The number of amides is 1. The largest absolute Gasteiger partial charge is 0.307 e. The van der Waals surface area contributed by atoms with E-state index in [2.05, 4.69) is 21.2 Å². The van der Waals surface area contributed by atoms with Gasteiger partial charge in [-0.15, -0.1) is 0 Å². The SMILES string of the molecule is N=C(NC(=O)c1cccc(Br)c1)c1ccccc1. The number of carbonyl (C=O) groups excluding carboxylic acids is 1. The number of amidine groups is 1. The first-order valence-electron chi connectivity index (χ1n) is 5.38. The molecule has 2 rings (SSSR count). The molecule has 0 atom stereocenters. The van der Waals surface area contributed by atoms with Gasteiger partial charge >= 0.3 is 0 Å². The zero-order valence-electron chi connectivity index (χ0n) is 9.48. The van der Waals surface area contributed by atoms with E-state index in [0.29, 0.717) is 11.1 Å². The predicted octanol–water partition coefficient (Wildman–Crippen LogP) is 3.20. The molecule has 4 heteroatoms. The monoisotopic (exact) mass is 302 g/mol. The summed E-state index contributed by atoms with van der Waals surface area (Å²) >= 11 is 3.31. The van der Waals surface area contributed by atoms with Gasteiger partial charge in [0.2, 0.25) is 0 Å². The number of hydrogen-bond acceptors (Lipinski definition) is 2. The average Bonchev–Trinajstić information content (AvgIpc) is 2.39. The van der Waals surface area contributed by atoms with Gasteiger partial charge in [-0.3, -0.25) is 10.2 Å². The van der Waals surface area contributed by atoms with Crippen molar-refractivity contribution in [2.24, 2.45) is 0 Å². The van der Waals surface area contributed by atoms with Crippen LogP contribution in [0.1, 0.15) is 15.9 Å². The van der Waals surface area contributed by atoms with Gasteiger partial charge in [-0.1, -0.05) is 52.3 Å². The summed E-state index contributed by atoms with van der Waals surface area (Å²) in [5, 5.41) is 10.4. The van der Waals surface area contributed by atoms with Crippen LogP contribution in [0.5, 0.6) is 0 Å². The molecule has 18 heavy (non-hydrogen) atoms. The third-order valence-corrected chi connectivity index (χ3v) is 2.88. The second-order valence-corrected chi connectivity index (χ2v) is 4.62. The highest BCUT2D eigenvalue weighted by molar-refractivity contribution is 9.10. The third kappa shape index (κ3) is 3.05. The Hall–Kier alpha value is -1.94. The number of rotatable bonds is 2. The smallest absolute Gasteiger partial charge is 0.256 e. The van der Waals surface area contributed by atoms with Gasteiger partial charge in [0.05, 0.1) is 0 Å². The molecule has 0 bridgehead atoms. The molecular formula is C14H11BrN2O. The van der Waals surface area contributed by atoms with Crippen LogP contribution in [-0.4, -0.2) is 11.7 Å². The van der Waals surface area contributed by atoms with Crippen molar-refractivity contribution in [2.75, 3.05) is 0 Å². The van der Waals surface area contributed by atoms with Crippen LogP contribution in [0.4, 0.5) is 0 Å². The standard InChI is InChI=1S/C14H11BrN2O/c15-12-8-4-7-11(9-12)14(18)17-13(16)10-5-2-1-3-6-10/h1-9H,(H2,16,17,18). The van der Waals surface area contributed by atoms with Crippen LogP contribution in [0, 0.1) is 5.41 Å². The summed E-state index contributed by atoms with van der Waals surface area (Å²) in [6.45, 7) is 0. The molecule has 3 nitrogen and oxygen atoms in total. The molecule has 0 unspecified atom stereocenters. The number of nitrogens with one attached hydrogen (secondary N) is 2. The summed E-state index contributed by atoms with van der Waals surface area (Å²) in [5.74, 6) is -0.189. The Bertz CT molecular complexity index is 581. The minimum atomic E-state index is -0.287. The fourth-order valence-electron chi connectivity index (χ4n) is 1.49. The Morgan fingerprint density at radius 3 is 2.33 bits per heavy atom. The van der Waals surface area contributed by atoms with E-state index in [1.807, 2.05) is 24.3 Å². The normalized spacial score (nSPS) is 9.83. The van der Waals surface area contributed by atoms with Crippen molar-refractivity contribution in [3.63, 3.8) is 0 Å². The highest BCUT2D eigenvalue weighted by Gasteiger charge is 2.09. The van der Waals surface area contributed by atoms with Crippen LogP contribution in [0.25, 0.3) is 0 Å². The highest BCUT2D eigenvalue weighted by Crippen LogP contribution is 2.11. The quantitative estimate of drug-likeness (QED) is 0.649. The van der Waals surface area contributed by atoms with Crippen molar-refractivity contribution in [1.29, 1.82) is 5.41 Å². The Morgan fingerprint density at radius 2 is 1.67 bits per heavy atom. The van der Waals surface area contributed by atoms with E-state index in [1.54, 1.807) is 30.3 Å². The van der Waals surface area contributed by atoms with E-state index >= 15 is 0 Å². The van der Waals surface area contributed by atoms with E-state index in [4.69, 9.17) is 5.41 Å². The molecule has 2 N–H and O–H groups in total. The molecule has 0 saturated heterocycles. The van der Waals surface area contributed by atoms with Crippen LogP contribution in [-0.2, 0) is 0 Å². The molecule has 2 aromatic rings. The van der Waals surface area contributed by atoms with Gasteiger partial charge in [0.25, 0.3) is 5.91 Å². The van der Waals surface area contributed by atoms with Crippen molar-refractivity contribution in [3.05, 3.63) is 70.2 Å². The van der Waals surface area contributed by atoms with Crippen molar-refractivity contribution >= 4 is 27.7 Å². The summed E-state index contributed by atoms with van der Waals surface area (Å²) in [5.41, 5.74) is 1.20. The summed E-state index contributed by atoms with van der Waals surface area (Å²) in [6, 6.07) is 16.1. The van der Waals surface area contributed by atoms with Gasteiger partial charge in [-0.05, 0) is 18.2 Å². The third-order valence-electron chi connectivity index (χ3n) is 2.39. The molecule has 0 saturated carbocycles. The van der Waals surface area contributed by atoms with Crippen molar-refractivity contribution in [2.45, 2.75) is 0 Å². The summed E-state index contributed by atoms with van der Waals surface area (Å²) < 4.78 is 0.835. The number of halogens is 1. The van der Waals surface area contributed by atoms with E-state index in [0.717, 1.165) is 4.47 Å². The van der Waals surface area contributed by atoms with E-state index in [9.17, 15) is 4.79 Å². The van der Waals surface area contributed by atoms with Gasteiger partial charge in [-0.2, -0.15) is 0 Å². The average molecular weight is 303 g/mol. The number of benzene rings is 2. The van der Waals surface area contributed by atoms with Gasteiger partial charge in [-0.25, -0.2) is 0 Å². The molecule has 0 aliphatic heterocycles. The lowest BCUT2D eigenvalue weighted by Crippen LogP contribution is -2.30. The van der Waals surface area contributed by atoms with Gasteiger partial charge in [0, 0.05) is 15.6 Å². The molecule has 0 aliphatic carbocycles. The van der Waals surface area contributed by atoms with E-state index < -0.39 is 0 Å². The Labute approximate surface area is 113 Å². The van der Waals surface area contributed by atoms with E-state index in [1.165, 1.54) is 0 Å². The lowest BCUT2D eigenvalue weighted by Gasteiger charge is -2.07. The van der Waals surface area contributed by atoms with Crippen LogP contribution in [0.15, 0.2) is 59.1 Å². The zero-order valence-corrected chi connectivity index (χ0v) is 11.1. The Morgan fingerprint density at radius 1 is 1.00 bits per heavy atom. The molecule has 90 valence electrons. The molecule has 0 heterocycles.